The van der Waals surface area contributed by atoms with E-state index in [0.29, 0.717) is 12.1 Å². The molecule has 1 rings (SSSR count). The summed E-state index contributed by atoms with van der Waals surface area (Å²) in [7, 11) is 0. The third-order valence-corrected chi connectivity index (χ3v) is 3.78. The molecule has 3 nitrogen and oxygen atoms in total. The van der Waals surface area contributed by atoms with Crippen molar-refractivity contribution >= 4 is 11.4 Å². The van der Waals surface area contributed by atoms with Gasteiger partial charge in [-0.05, 0) is 36.6 Å². The summed E-state index contributed by atoms with van der Waals surface area (Å²) in [5, 5.41) is 8.83. The number of nitrogens with zero attached hydrogens (tertiary/aromatic N) is 2. The van der Waals surface area contributed by atoms with Gasteiger partial charge in [-0.15, -0.1) is 0 Å². The van der Waals surface area contributed by atoms with Crippen molar-refractivity contribution in [2.45, 2.75) is 40.0 Å². The van der Waals surface area contributed by atoms with E-state index in [1.165, 1.54) is 18.5 Å². The van der Waals surface area contributed by atoms with Crippen molar-refractivity contribution in [2.75, 3.05) is 23.7 Å². The van der Waals surface area contributed by atoms with E-state index in [9.17, 15) is 0 Å². The fraction of sp³-hybridized carbons (Fsp3) is 0.562. The van der Waals surface area contributed by atoms with Crippen LogP contribution in [0.5, 0.6) is 0 Å². The van der Waals surface area contributed by atoms with Crippen molar-refractivity contribution < 1.29 is 0 Å². The van der Waals surface area contributed by atoms with Crippen LogP contribution in [-0.2, 0) is 6.42 Å². The molecule has 0 heterocycles. The Bertz CT molecular complexity index is 430. The summed E-state index contributed by atoms with van der Waals surface area (Å²) >= 11 is 0. The second-order valence-electron chi connectivity index (χ2n) is 4.94. The lowest BCUT2D eigenvalue weighted by Gasteiger charge is -2.28. The highest BCUT2D eigenvalue weighted by Crippen LogP contribution is 2.23. The SMILES string of the molecule is CCC(CC)CN(CC)c1ccc(N)c(CC#N)c1. The molecule has 0 radical (unpaired) electrons. The van der Waals surface area contributed by atoms with Gasteiger partial charge in [0.1, 0.15) is 0 Å². The van der Waals surface area contributed by atoms with E-state index in [1.807, 2.05) is 6.07 Å². The van der Waals surface area contributed by atoms with Crippen molar-refractivity contribution in [3.8, 4) is 6.07 Å². The van der Waals surface area contributed by atoms with Crippen LogP contribution in [-0.4, -0.2) is 13.1 Å². The summed E-state index contributed by atoms with van der Waals surface area (Å²) in [5.74, 6) is 0.719. The Kier molecular flexibility index (Phi) is 6.21. The van der Waals surface area contributed by atoms with Gasteiger partial charge in [0.25, 0.3) is 0 Å². The van der Waals surface area contributed by atoms with Gasteiger partial charge in [-0.2, -0.15) is 5.26 Å². The third kappa shape index (κ3) is 4.17. The number of benzene rings is 1. The van der Waals surface area contributed by atoms with Gasteiger partial charge in [-0.1, -0.05) is 26.7 Å². The maximum absolute atomic E-state index is 8.83. The largest absolute Gasteiger partial charge is 0.398 e. The first-order valence-electron chi connectivity index (χ1n) is 7.16. The first-order chi connectivity index (χ1) is 9.15. The summed E-state index contributed by atoms with van der Waals surface area (Å²) in [6.07, 6.45) is 2.78. The Morgan fingerprint density at radius 1 is 1.26 bits per heavy atom. The van der Waals surface area contributed by atoms with Crippen LogP contribution in [0.2, 0.25) is 0 Å². The molecule has 3 heteroatoms. The number of nitrogen functional groups attached to an aromatic ring is 1. The maximum atomic E-state index is 8.83. The molecule has 0 unspecified atom stereocenters. The second-order valence-corrected chi connectivity index (χ2v) is 4.94. The topological polar surface area (TPSA) is 53.0 Å². The fourth-order valence-electron chi connectivity index (χ4n) is 2.30. The van der Waals surface area contributed by atoms with Gasteiger partial charge in [0, 0.05) is 24.5 Å². The van der Waals surface area contributed by atoms with Crippen molar-refractivity contribution in [1.29, 1.82) is 5.26 Å². The van der Waals surface area contributed by atoms with Gasteiger partial charge in [-0.25, -0.2) is 0 Å². The Balaban J connectivity index is 2.92. The van der Waals surface area contributed by atoms with E-state index in [-0.39, 0.29) is 0 Å². The van der Waals surface area contributed by atoms with Gasteiger partial charge in [0.2, 0.25) is 0 Å². The summed E-state index contributed by atoms with van der Waals surface area (Å²) < 4.78 is 0. The van der Waals surface area contributed by atoms with Gasteiger partial charge in [0.05, 0.1) is 12.5 Å². The predicted octanol–water partition coefficient (Wildman–Crippen LogP) is 3.60. The maximum Gasteiger partial charge on any atom is 0.0670 e. The normalized spacial score (nSPS) is 10.5. The summed E-state index contributed by atoms with van der Waals surface area (Å²) in [4.78, 5) is 2.37. The molecule has 0 aromatic heterocycles. The van der Waals surface area contributed by atoms with Crippen LogP contribution in [0.4, 0.5) is 11.4 Å². The molecule has 0 aliphatic carbocycles. The molecule has 1 aromatic rings. The molecular weight excluding hydrogens is 234 g/mol. The summed E-state index contributed by atoms with van der Waals surface area (Å²) in [5.41, 5.74) is 8.72. The van der Waals surface area contributed by atoms with Crippen LogP contribution in [0.25, 0.3) is 0 Å². The van der Waals surface area contributed by atoms with Crippen molar-refractivity contribution in [3.05, 3.63) is 23.8 Å². The molecular formula is C16H25N3. The van der Waals surface area contributed by atoms with Gasteiger partial charge < -0.3 is 10.6 Å². The van der Waals surface area contributed by atoms with Gasteiger partial charge >= 0.3 is 0 Å². The molecule has 0 amide bonds. The molecule has 0 saturated heterocycles. The lowest BCUT2D eigenvalue weighted by Crippen LogP contribution is -2.29. The lowest BCUT2D eigenvalue weighted by molar-refractivity contribution is 0.486. The number of anilines is 2. The lowest BCUT2D eigenvalue weighted by atomic mass is 10.0. The van der Waals surface area contributed by atoms with Gasteiger partial charge in [-0.3, -0.25) is 0 Å². The first-order valence-corrected chi connectivity index (χ1v) is 7.16. The van der Waals surface area contributed by atoms with Crippen LogP contribution < -0.4 is 10.6 Å². The van der Waals surface area contributed by atoms with E-state index >= 15 is 0 Å². The Morgan fingerprint density at radius 3 is 2.47 bits per heavy atom. The third-order valence-electron chi connectivity index (χ3n) is 3.78. The zero-order chi connectivity index (χ0) is 14.3. The number of nitrogens with two attached hydrogens (primary N) is 1. The van der Waals surface area contributed by atoms with E-state index in [2.05, 4.69) is 43.9 Å². The zero-order valence-electron chi connectivity index (χ0n) is 12.3. The molecule has 0 aliphatic heterocycles. The Hall–Kier alpha value is -1.69. The quantitative estimate of drug-likeness (QED) is 0.761. The molecule has 2 N–H and O–H groups in total. The number of hydrogen-bond donors (Lipinski definition) is 1. The average molecular weight is 259 g/mol. The van der Waals surface area contributed by atoms with Crippen LogP contribution in [0.3, 0.4) is 0 Å². The van der Waals surface area contributed by atoms with Crippen LogP contribution >= 0.6 is 0 Å². The minimum atomic E-state index is 0.377. The minimum absolute atomic E-state index is 0.377. The summed E-state index contributed by atoms with van der Waals surface area (Å²) in [6.45, 7) is 8.70. The number of hydrogen-bond acceptors (Lipinski definition) is 3. The molecule has 0 atom stereocenters. The van der Waals surface area contributed by atoms with Crippen LogP contribution in [0, 0.1) is 17.2 Å². The molecule has 104 valence electrons. The smallest absolute Gasteiger partial charge is 0.0670 e. The highest BCUT2D eigenvalue weighted by atomic mass is 15.1. The molecule has 0 spiro atoms. The minimum Gasteiger partial charge on any atom is -0.398 e. The van der Waals surface area contributed by atoms with E-state index in [1.54, 1.807) is 0 Å². The second kappa shape index (κ2) is 7.68. The first kappa shape index (κ1) is 15.4. The molecule has 19 heavy (non-hydrogen) atoms. The molecule has 0 bridgehead atoms. The fourth-order valence-corrected chi connectivity index (χ4v) is 2.30. The predicted molar refractivity (Wildman–Crippen MR) is 82.1 cm³/mol. The average Bonchev–Trinajstić information content (AvgIpc) is 2.43. The summed E-state index contributed by atoms with van der Waals surface area (Å²) in [6, 6.07) is 8.21. The monoisotopic (exact) mass is 259 g/mol. The molecule has 0 aliphatic rings. The highest BCUT2D eigenvalue weighted by Gasteiger charge is 2.12. The van der Waals surface area contributed by atoms with E-state index in [4.69, 9.17) is 11.0 Å². The van der Waals surface area contributed by atoms with Crippen LogP contribution in [0.15, 0.2) is 18.2 Å². The van der Waals surface area contributed by atoms with Crippen molar-refractivity contribution in [3.63, 3.8) is 0 Å². The van der Waals surface area contributed by atoms with E-state index < -0.39 is 0 Å². The molecule has 0 fully saturated rings. The Labute approximate surface area is 117 Å². The standard InChI is InChI=1S/C16H25N3/c1-4-13(5-2)12-19(6-3)15-7-8-16(18)14(11-15)9-10-17/h7-8,11,13H,4-6,9,12,18H2,1-3H3. The van der Waals surface area contributed by atoms with Crippen LogP contribution in [0.1, 0.15) is 39.2 Å². The highest BCUT2D eigenvalue weighted by molar-refractivity contribution is 5.59. The van der Waals surface area contributed by atoms with Crippen molar-refractivity contribution in [2.24, 2.45) is 5.92 Å². The van der Waals surface area contributed by atoms with Gasteiger partial charge in [0.15, 0.2) is 0 Å². The molecule has 1 aromatic carbocycles. The molecule has 0 saturated carbocycles. The Morgan fingerprint density at radius 2 is 1.95 bits per heavy atom. The van der Waals surface area contributed by atoms with E-state index in [0.717, 1.165) is 24.6 Å². The number of rotatable bonds is 7. The number of nitriles is 1. The van der Waals surface area contributed by atoms with Crippen molar-refractivity contribution in [1.82, 2.24) is 0 Å². The zero-order valence-corrected chi connectivity index (χ0v) is 12.3.